The molecule has 0 fully saturated rings. The fraction of sp³-hybridized carbons (Fsp3) is 0.167. The fourth-order valence-electron chi connectivity index (χ4n) is 2.29. The molecule has 0 atom stereocenters. The molecule has 3 aromatic rings. The third-order valence-corrected chi connectivity index (χ3v) is 4.30. The van der Waals surface area contributed by atoms with E-state index in [-0.39, 0.29) is 11.9 Å². The average molecular weight is 355 g/mol. The van der Waals surface area contributed by atoms with Gasteiger partial charge in [0.25, 0.3) is 5.91 Å². The normalized spacial score (nSPS) is 10.5. The minimum Gasteiger partial charge on any atom is -0.496 e. The van der Waals surface area contributed by atoms with Crippen molar-refractivity contribution in [1.82, 2.24) is 10.2 Å². The van der Waals surface area contributed by atoms with E-state index in [0.717, 1.165) is 5.56 Å². The van der Waals surface area contributed by atoms with Gasteiger partial charge >= 0.3 is 6.01 Å². The van der Waals surface area contributed by atoms with Crippen LogP contribution >= 0.6 is 11.8 Å². The van der Waals surface area contributed by atoms with Crippen LogP contribution in [-0.4, -0.2) is 29.5 Å². The summed E-state index contributed by atoms with van der Waals surface area (Å²) >= 11 is 1.69. The summed E-state index contributed by atoms with van der Waals surface area (Å²) in [5.41, 5.74) is 1.46. The van der Waals surface area contributed by atoms with E-state index in [1.165, 1.54) is 12.0 Å². The largest absolute Gasteiger partial charge is 0.496 e. The summed E-state index contributed by atoms with van der Waals surface area (Å²) in [7, 11) is 1.51. The van der Waals surface area contributed by atoms with Crippen LogP contribution in [0.25, 0.3) is 0 Å². The first-order valence-electron chi connectivity index (χ1n) is 7.59. The van der Waals surface area contributed by atoms with Gasteiger partial charge in [0.15, 0.2) is 0 Å². The van der Waals surface area contributed by atoms with Crippen molar-refractivity contribution < 1.29 is 13.9 Å². The third kappa shape index (κ3) is 4.19. The minimum atomic E-state index is -0.364. The molecule has 0 aliphatic carbocycles. The standard InChI is InChI=1S/C18H17N3O3S/c1-23-15-6-4-3-5-14(15)17(22)19-18-21-20-16(24-18)11-12-7-9-13(25-2)10-8-12/h3-10H,11H2,1-2H3,(H,19,21,22). The Hall–Kier alpha value is -2.80. The zero-order valence-corrected chi connectivity index (χ0v) is 14.7. The number of carbonyl (C=O) groups excluding carboxylic acids is 1. The highest BCUT2D eigenvalue weighted by Crippen LogP contribution is 2.20. The number of aromatic nitrogens is 2. The predicted octanol–water partition coefficient (Wildman–Crippen LogP) is 3.64. The molecule has 0 saturated carbocycles. The van der Waals surface area contributed by atoms with Crippen LogP contribution in [0.15, 0.2) is 57.8 Å². The Labute approximate surface area is 149 Å². The molecule has 0 radical (unpaired) electrons. The summed E-state index contributed by atoms with van der Waals surface area (Å²) in [5.74, 6) is 0.554. The summed E-state index contributed by atoms with van der Waals surface area (Å²) in [5, 5.41) is 10.4. The summed E-state index contributed by atoms with van der Waals surface area (Å²) < 4.78 is 10.7. The summed E-state index contributed by atoms with van der Waals surface area (Å²) in [6.45, 7) is 0. The van der Waals surface area contributed by atoms with Crippen LogP contribution in [0.1, 0.15) is 21.8 Å². The molecule has 1 aromatic heterocycles. The van der Waals surface area contributed by atoms with E-state index in [9.17, 15) is 4.79 Å². The lowest BCUT2D eigenvalue weighted by molar-refractivity contribution is 0.102. The summed E-state index contributed by atoms with van der Waals surface area (Å²) in [4.78, 5) is 13.5. The van der Waals surface area contributed by atoms with Crippen molar-refractivity contribution in [3.05, 3.63) is 65.5 Å². The van der Waals surface area contributed by atoms with Crippen LogP contribution in [0.4, 0.5) is 6.01 Å². The van der Waals surface area contributed by atoms with E-state index in [1.54, 1.807) is 36.0 Å². The van der Waals surface area contributed by atoms with E-state index >= 15 is 0 Å². The highest BCUT2D eigenvalue weighted by atomic mass is 32.2. The molecule has 2 aromatic carbocycles. The van der Waals surface area contributed by atoms with Crippen molar-refractivity contribution in [3.63, 3.8) is 0 Å². The second-order valence-corrected chi connectivity index (χ2v) is 6.06. The number of nitrogens with zero attached hydrogens (tertiary/aromatic N) is 2. The lowest BCUT2D eigenvalue weighted by atomic mass is 10.1. The van der Waals surface area contributed by atoms with Crippen LogP contribution in [0.2, 0.25) is 0 Å². The maximum absolute atomic E-state index is 12.3. The second kappa shape index (κ2) is 7.85. The van der Waals surface area contributed by atoms with E-state index in [4.69, 9.17) is 9.15 Å². The fourth-order valence-corrected chi connectivity index (χ4v) is 2.70. The van der Waals surface area contributed by atoms with Gasteiger partial charge in [-0.2, -0.15) is 0 Å². The SMILES string of the molecule is COc1ccccc1C(=O)Nc1nnc(Cc2ccc(SC)cc2)o1. The van der Waals surface area contributed by atoms with Gasteiger partial charge in [0.05, 0.1) is 19.1 Å². The molecule has 6 nitrogen and oxygen atoms in total. The van der Waals surface area contributed by atoms with E-state index in [2.05, 4.69) is 15.5 Å². The van der Waals surface area contributed by atoms with Gasteiger partial charge in [0.2, 0.25) is 5.89 Å². The van der Waals surface area contributed by atoms with Crippen LogP contribution in [0.5, 0.6) is 5.75 Å². The Bertz CT molecular complexity index is 862. The van der Waals surface area contributed by atoms with Gasteiger partial charge in [-0.05, 0) is 36.1 Å². The molecule has 0 spiro atoms. The number of para-hydroxylation sites is 1. The molecule has 7 heteroatoms. The Morgan fingerprint density at radius 3 is 2.64 bits per heavy atom. The van der Waals surface area contributed by atoms with Gasteiger partial charge in [-0.15, -0.1) is 16.9 Å². The van der Waals surface area contributed by atoms with Crippen molar-refractivity contribution >= 4 is 23.7 Å². The molecule has 1 amide bonds. The van der Waals surface area contributed by atoms with Gasteiger partial charge in [-0.3, -0.25) is 10.1 Å². The molecule has 0 aliphatic heterocycles. The Kier molecular flexibility index (Phi) is 5.35. The first-order valence-corrected chi connectivity index (χ1v) is 8.81. The van der Waals surface area contributed by atoms with Gasteiger partial charge < -0.3 is 9.15 Å². The van der Waals surface area contributed by atoms with Crippen LogP contribution in [0.3, 0.4) is 0 Å². The van der Waals surface area contributed by atoms with E-state index in [0.29, 0.717) is 23.6 Å². The molecule has 0 aliphatic rings. The Morgan fingerprint density at radius 2 is 1.92 bits per heavy atom. The molecular formula is C18H17N3O3S. The number of rotatable bonds is 6. The number of hydrogen-bond donors (Lipinski definition) is 1. The van der Waals surface area contributed by atoms with E-state index < -0.39 is 0 Å². The van der Waals surface area contributed by atoms with Gasteiger partial charge in [0, 0.05) is 4.90 Å². The first kappa shape index (κ1) is 17.0. The van der Waals surface area contributed by atoms with Crippen molar-refractivity contribution in [1.29, 1.82) is 0 Å². The van der Waals surface area contributed by atoms with Crippen molar-refractivity contribution in [2.24, 2.45) is 0 Å². The third-order valence-electron chi connectivity index (χ3n) is 3.55. The summed E-state index contributed by atoms with van der Waals surface area (Å²) in [6, 6.07) is 15.1. The Balaban J connectivity index is 1.67. The number of benzene rings is 2. The Morgan fingerprint density at radius 1 is 1.16 bits per heavy atom. The molecule has 0 bridgehead atoms. The average Bonchev–Trinajstić information content (AvgIpc) is 3.09. The number of amides is 1. The zero-order chi connectivity index (χ0) is 17.6. The summed E-state index contributed by atoms with van der Waals surface area (Å²) in [6.07, 6.45) is 2.54. The lowest BCUT2D eigenvalue weighted by Gasteiger charge is -2.06. The predicted molar refractivity (Wildman–Crippen MR) is 96.3 cm³/mol. The zero-order valence-electron chi connectivity index (χ0n) is 13.9. The lowest BCUT2D eigenvalue weighted by Crippen LogP contribution is -2.13. The van der Waals surface area contributed by atoms with Crippen molar-refractivity contribution in [3.8, 4) is 5.75 Å². The molecule has 0 saturated heterocycles. The van der Waals surface area contributed by atoms with Crippen molar-refractivity contribution in [2.45, 2.75) is 11.3 Å². The number of anilines is 1. The first-order chi connectivity index (χ1) is 12.2. The highest BCUT2D eigenvalue weighted by molar-refractivity contribution is 7.98. The number of carbonyl (C=O) groups is 1. The monoisotopic (exact) mass is 355 g/mol. The molecule has 1 heterocycles. The maximum atomic E-state index is 12.3. The number of methoxy groups -OCH3 is 1. The topological polar surface area (TPSA) is 77.2 Å². The number of ether oxygens (including phenoxy) is 1. The van der Waals surface area contributed by atoms with Gasteiger partial charge in [0.1, 0.15) is 5.75 Å². The van der Waals surface area contributed by atoms with E-state index in [1.807, 2.05) is 30.5 Å². The highest BCUT2D eigenvalue weighted by Gasteiger charge is 2.15. The number of hydrogen-bond acceptors (Lipinski definition) is 6. The second-order valence-electron chi connectivity index (χ2n) is 5.18. The number of thioether (sulfide) groups is 1. The maximum Gasteiger partial charge on any atom is 0.322 e. The van der Waals surface area contributed by atoms with Gasteiger partial charge in [-0.25, -0.2) is 0 Å². The minimum absolute atomic E-state index is 0.0617. The molecule has 1 N–H and O–H groups in total. The van der Waals surface area contributed by atoms with Crippen LogP contribution in [0, 0.1) is 0 Å². The smallest absolute Gasteiger partial charge is 0.322 e. The van der Waals surface area contributed by atoms with Crippen LogP contribution in [-0.2, 0) is 6.42 Å². The van der Waals surface area contributed by atoms with Crippen LogP contribution < -0.4 is 10.1 Å². The molecule has 128 valence electrons. The number of nitrogens with one attached hydrogen (secondary N) is 1. The van der Waals surface area contributed by atoms with Gasteiger partial charge in [-0.1, -0.05) is 29.4 Å². The molecule has 3 rings (SSSR count). The molecule has 0 unspecified atom stereocenters. The van der Waals surface area contributed by atoms with Crippen molar-refractivity contribution in [2.75, 3.05) is 18.7 Å². The molecular weight excluding hydrogens is 338 g/mol. The molecule has 25 heavy (non-hydrogen) atoms. The quantitative estimate of drug-likeness (QED) is 0.680.